The predicted octanol–water partition coefficient (Wildman–Crippen LogP) is 3.88. The summed E-state index contributed by atoms with van der Waals surface area (Å²) in [7, 11) is 0. The number of nitrogens with one attached hydrogen (secondary N) is 1. The van der Waals surface area contributed by atoms with Gasteiger partial charge >= 0.3 is 0 Å². The number of hydrogen-bond donors (Lipinski definition) is 1. The second-order valence-corrected chi connectivity index (χ2v) is 8.08. The van der Waals surface area contributed by atoms with Crippen molar-refractivity contribution in [2.45, 2.75) is 49.4 Å². The van der Waals surface area contributed by atoms with Gasteiger partial charge in [-0.25, -0.2) is 9.97 Å². The number of pyridine rings is 1. The molecule has 1 N–H and O–H groups in total. The zero-order valence-corrected chi connectivity index (χ0v) is 15.9. The monoisotopic (exact) mass is 389 g/mol. The van der Waals surface area contributed by atoms with E-state index in [2.05, 4.69) is 20.2 Å². The Kier molecular flexibility index (Phi) is 5.26. The minimum absolute atomic E-state index is 0.139. The molecular weight excluding hydrogens is 370 g/mol. The topological polar surface area (TPSA) is 75.9 Å². The maximum Gasteiger partial charge on any atom is 0.258 e. The second kappa shape index (κ2) is 7.80. The zero-order valence-electron chi connectivity index (χ0n) is 14.3. The molecule has 1 aliphatic rings. The highest BCUT2D eigenvalue weighted by Crippen LogP contribution is 2.28. The highest BCUT2D eigenvalue weighted by Gasteiger charge is 2.15. The quantitative estimate of drug-likeness (QED) is 0.647. The van der Waals surface area contributed by atoms with E-state index >= 15 is 0 Å². The fourth-order valence-electron chi connectivity index (χ4n) is 3.43. The molecule has 0 saturated heterocycles. The van der Waals surface area contributed by atoms with Crippen molar-refractivity contribution in [1.82, 2.24) is 24.6 Å². The molecule has 0 aromatic carbocycles. The van der Waals surface area contributed by atoms with Crippen molar-refractivity contribution in [3.63, 3.8) is 0 Å². The van der Waals surface area contributed by atoms with Crippen LogP contribution in [0.5, 0.6) is 0 Å². The molecule has 6 nitrogen and oxygen atoms in total. The van der Waals surface area contributed by atoms with Crippen LogP contribution in [0.3, 0.4) is 0 Å². The van der Waals surface area contributed by atoms with Crippen LogP contribution in [0.15, 0.2) is 34.3 Å². The van der Waals surface area contributed by atoms with Gasteiger partial charge in [0.15, 0.2) is 0 Å². The number of nitrogens with zero attached hydrogens (tertiary/aromatic N) is 4. The summed E-state index contributed by atoms with van der Waals surface area (Å²) in [6.07, 6.45) is 9.16. The fraction of sp³-hybridized carbons (Fsp3) is 0.444. The maximum atomic E-state index is 12.2. The van der Waals surface area contributed by atoms with Gasteiger partial charge in [-0.3, -0.25) is 14.3 Å². The van der Waals surface area contributed by atoms with E-state index in [1.54, 1.807) is 18.3 Å². The van der Waals surface area contributed by atoms with Gasteiger partial charge in [0.1, 0.15) is 11.5 Å². The lowest BCUT2D eigenvalue weighted by Gasteiger charge is -2.05. The number of fused-ring (bicyclic) bond motifs is 1. The summed E-state index contributed by atoms with van der Waals surface area (Å²) in [5.74, 6) is 2.34. The molecule has 8 heteroatoms. The Morgan fingerprint density at radius 3 is 2.96 bits per heavy atom. The third-order valence-corrected chi connectivity index (χ3v) is 5.91. The first-order valence-electron chi connectivity index (χ1n) is 8.89. The normalized spacial score (nSPS) is 15.1. The van der Waals surface area contributed by atoms with Gasteiger partial charge in [-0.1, -0.05) is 49.0 Å². The van der Waals surface area contributed by atoms with Gasteiger partial charge < -0.3 is 0 Å². The zero-order chi connectivity index (χ0) is 17.9. The number of H-pyrrole nitrogens is 1. The van der Waals surface area contributed by atoms with E-state index in [1.807, 2.05) is 0 Å². The van der Waals surface area contributed by atoms with E-state index in [0.717, 1.165) is 18.2 Å². The maximum absolute atomic E-state index is 12.2. The molecule has 1 aliphatic carbocycles. The van der Waals surface area contributed by atoms with Gasteiger partial charge in [0, 0.05) is 24.4 Å². The summed E-state index contributed by atoms with van der Waals surface area (Å²) >= 11 is 7.41. The number of rotatable bonds is 6. The molecule has 3 aromatic rings. The summed E-state index contributed by atoms with van der Waals surface area (Å²) < 4.78 is 1.45. The summed E-state index contributed by atoms with van der Waals surface area (Å²) in [6.45, 7) is 0. The molecule has 3 heterocycles. The van der Waals surface area contributed by atoms with Gasteiger partial charge in [-0.15, -0.1) is 5.10 Å². The van der Waals surface area contributed by atoms with E-state index in [0.29, 0.717) is 27.3 Å². The molecule has 136 valence electrons. The highest BCUT2D eigenvalue weighted by molar-refractivity contribution is 7.98. The van der Waals surface area contributed by atoms with E-state index < -0.39 is 0 Å². The lowest BCUT2D eigenvalue weighted by molar-refractivity contribution is 0.497. The fourth-order valence-corrected chi connectivity index (χ4v) is 4.30. The minimum Gasteiger partial charge on any atom is -0.269 e. The Bertz CT molecular complexity index is 964. The Hall–Kier alpha value is -1.86. The van der Waals surface area contributed by atoms with Crippen LogP contribution < -0.4 is 5.56 Å². The first-order valence-corrected chi connectivity index (χ1v) is 10.3. The van der Waals surface area contributed by atoms with Crippen LogP contribution in [-0.4, -0.2) is 24.6 Å². The number of aromatic amines is 1. The van der Waals surface area contributed by atoms with Crippen LogP contribution in [0.2, 0.25) is 5.02 Å². The number of aryl methyl sites for hydroxylation is 1. The first-order chi connectivity index (χ1) is 12.7. The van der Waals surface area contributed by atoms with Crippen molar-refractivity contribution in [2.24, 2.45) is 5.92 Å². The predicted molar refractivity (Wildman–Crippen MR) is 103 cm³/mol. The summed E-state index contributed by atoms with van der Waals surface area (Å²) in [6, 6.07) is 5.00. The molecule has 0 unspecified atom stereocenters. The summed E-state index contributed by atoms with van der Waals surface area (Å²) in [4.78, 5) is 21.3. The van der Waals surface area contributed by atoms with Crippen molar-refractivity contribution in [1.29, 1.82) is 0 Å². The molecule has 0 amide bonds. The molecule has 1 saturated carbocycles. The lowest BCUT2D eigenvalue weighted by atomic mass is 10.0. The molecule has 0 aliphatic heterocycles. The minimum atomic E-state index is -0.139. The summed E-state index contributed by atoms with van der Waals surface area (Å²) in [5, 5.41) is 8.51. The molecule has 0 bridgehead atoms. The molecule has 0 spiro atoms. The molecule has 4 rings (SSSR count). The average Bonchev–Trinajstić information content (AvgIpc) is 3.30. The van der Waals surface area contributed by atoms with E-state index in [4.69, 9.17) is 11.6 Å². The van der Waals surface area contributed by atoms with Gasteiger partial charge in [0.25, 0.3) is 5.56 Å². The van der Waals surface area contributed by atoms with E-state index in [9.17, 15) is 4.79 Å². The van der Waals surface area contributed by atoms with Gasteiger partial charge in [0.05, 0.1) is 10.7 Å². The van der Waals surface area contributed by atoms with Crippen LogP contribution in [0, 0.1) is 5.92 Å². The Balaban J connectivity index is 1.38. The first kappa shape index (κ1) is 17.5. The standard InChI is InChI=1S/C18H20ClN5OS/c19-13-6-8-16-20-14(9-17(25)24(16)10-13)11-26-18-21-15(22-23-18)7-5-12-3-1-2-4-12/h6,8-10,12H,1-5,7,11H2,(H,21,22,23). The largest absolute Gasteiger partial charge is 0.269 e. The molecule has 26 heavy (non-hydrogen) atoms. The molecule has 0 atom stereocenters. The number of aromatic nitrogens is 5. The van der Waals surface area contributed by atoms with Crippen LogP contribution in [0.25, 0.3) is 5.65 Å². The average molecular weight is 390 g/mol. The van der Waals surface area contributed by atoms with Gasteiger partial charge in [-0.2, -0.15) is 0 Å². The molecular formula is C18H20ClN5OS. The molecule has 0 radical (unpaired) electrons. The van der Waals surface area contributed by atoms with E-state index in [-0.39, 0.29) is 5.56 Å². The number of halogens is 1. The molecule has 1 fully saturated rings. The van der Waals surface area contributed by atoms with Crippen molar-refractivity contribution in [3.05, 3.63) is 51.3 Å². The van der Waals surface area contributed by atoms with Crippen LogP contribution in [0.4, 0.5) is 0 Å². The van der Waals surface area contributed by atoms with Crippen LogP contribution in [0.1, 0.15) is 43.6 Å². The van der Waals surface area contributed by atoms with Crippen LogP contribution >= 0.6 is 23.4 Å². The summed E-state index contributed by atoms with van der Waals surface area (Å²) in [5.41, 5.74) is 1.16. The third-order valence-electron chi connectivity index (χ3n) is 4.80. The smallest absolute Gasteiger partial charge is 0.258 e. The van der Waals surface area contributed by atoms with Crippen molar-refractivity contribution in [3.8, 4) is 0 Å². The van der Waals surface area contributed by atoms with Gasteiger partial charge in [-0.05, 0) is 24.5 Å². The van der Waals surface area contributed by atoms with Crippen molar-refractivity contribution >= 4 is 29.0 Å². The second-order valence-electron chi connectivity index (χ2n) is 6.70. The molecule has 3 aromatic heterocycles. The number of hydrogen-bond acceptors (Lipinski definition) is 5. The number of thioether (sulfide) groups is 1. The Morgan fingerprint density at radius 1 is 1.27 bits per heavy atom. The third kappa shape index (κ3) is 4.10. The van der Waals surface area contributed by atoms with Crippen molar-refractivity contribution < 1.29 is 0 Å². The van der Waals surface area contributed by atoms with Gasteiger partial charge in [0.2, 0.25) is 5.16 Å². The lowest BCUT2D eigenvalue weighted by Crippen LogP contribution is -2.15. The van der Waals surface area contributed by atoms with E-state index in [1.165, 1.54) is 54.3 Å². The Morgan fingerprint density at radius 2 is 2.12 bits per heavy atom. The van der Waals surface area contributed by atoms with Crippen LogP contribution in [-0.2, 0) is 12.2 Å². The SMILES string of the molecule is O=c1cc(CSc2n[nH]c(CCC3CCCC3)n2)nc2ccc(Cl)cn12. The highest BCUT2D eigenvalue weighted by atomic mass is 35.5. The Labute approximate surface area is 160 Å². The van der Waals surface area contributed by atoms with Crippen molar-refractivity contribution in [2.75, 3.05) is 0 Å².